The number of carbonyl (C=O) groups excluding carboxylic acids is 1. The molecule has 2 aromatic rings. The third-order valence-corrected chi connectivity index (χ3v) is 4.92. The Hall–Kier alpha value is -2.15. The fourth-order valence-corrected chi connectivity index (χ4v) is 3.86. The van der Waals surface area contributed by atoms with Crippen LogP contribution in [0, 0.1) is 6.92 Å². The lowest BCUT2D eigenvalue weighted by Crippen LogP contribution is -2.40. The van der Waals surface area contributed by atoms with Gasteiger partial charge in [0.05, 0.1) is 11.4 Å². The Labute approximate surface area is 141 Å². The van der Waals surface area contributed by atoms with Crippen LogP contribution in [0.15, 0.2) is 30.5 Å². The lowest BCUT2D eigenvalue weighted by molar-refractivity contribution is 0.0927. The predicted octanol–water partition coefficient (Wildman–Crippen LogP) is 1.48. The molecule has 1 amide bonds. The molecule has 0 bridgehead atoms. The zero-order valence-electron chi connectivity index (χ0n) is 13.8. The summed E-state index contributed by atoms with van der Waals surface area (Å²) in [5, 5.41) is 3.04. The normalized spacial score (nSPS) is 17.3. The smallest absolute Gasteiger partial charge is 0.251 e. The Bertz CT molecular complexity index is 871. The first-order chi connectivity index (χ1) is 11.3. The molecule has 0 fully saturated rings. The number of fused-ring (bicyclic) bond motifs is 1. The van der Waals surface area contributed by atoms with Gasteiger partial charge in [-0.1, -0.05) is 12.1 Å². The van der Waals surface area contributed by atoms with E-state index in [-0.39, 0.29) is 17.7 Å². The second-order valence-corrected chi connectivity index (χ2v) is 8.57. The minimum atomic E-state index is -3.12. The van der Waals surface area contributed by atoms with Gasteiger partial charge in [0, 0.05) is 37.0 Å². The van der Waals surface area contributed by atoms with Crippen molar-refractivity contribution in [1.82, 2.24) is 14.9 Å². The molecule has 2 heterocycles. The van der Waals surface area contributed by atoms with E-state index in [1.165, 1.54) is 6.26 Å². The summed E-state index contributed by atoms with van der Waals surface area (Å²) >= 11 is 0. The zero-order valence-corrected chi connectivity index (χ0v) is 14.6. The van der Waals surface area contributed by atoms with Crippen LogP contribution in [0.1, 0.15) is 33.9 Å². The summed E-state index contributed by atoms with van der Waals surface area (Å²) in [5.74, 6) is 0.832. The Morgan fingerprint density at radius 1 is 1.42 bits per heavy atom. The molecule has 24 heavy (non-hydrogen) atoms. The average molecular weight is 347 g/mol. The van der Waals surface area contributed by atoms with Crippen molar-refractivity contribution in [1.29, 1.82) is 0 Å². The SMILES string of the molecule is Cc1cn2c(n1)CC[C@@H](NC(=O)c1cccc(CS(C)(=O)=O)c1)C2. The Kier molecular flexibility index (Phi) is 4.45. The van der Waals surface area contributed by atoms with Gasteiger partial charge in [-0.05, 0) is 31.0 Å². The molecule has 1 aliphatic rings. The molecule has 128 valence electrons. The molecule has 1 N–H and O–H groups in total. The Morgan fingerprint density at radius 3 is 2.96 bits per heavy atom. The number of nitrogens with one attached hydrogen (secondary N) is 1. The van der Waals surface area contributed by atoms with Crippen molar-refractivity contribution in [2.75, 3.05) is 6.26 Å². The van der Waals surface area contributed by atoms with E-state index in [0.717, 1.165) is 24.4 Å². The van der Waals surface area contributed by atoms with Crippen LogP contribution in [-0.2, 0) is 28.6 Å². The molecule has 0 aliphatic carbocycles. The van der Waals surface area contributed by atoms with E-state index in [1.54, 1.807) is 24.3 Å². The predicted molar refractivity (Wildman–Crippen MR) is 91.5 cm³/mol. The number of rotatable bonds is 4. The van der Waals surface area contributed by atoms with E-state index in [2.05, 4.69) is 14.9 Å². The minimum absolute atomic E-state index is 0.0529. The summed E-state index contributed by atoms with van der Waals surface area (Å²) in [6.07, 6.45) is 4.88. The van der Waals surface area contributed by atoms with Gasteiger partial charge in [-0.15, -0.1) is 0 Å². The number of nitrogens with zero attached hydrogens (tertiary/aromatic N) is 2. The van der Waals surface area contributed by atoms with Gasteiger partial charge in [0.1, 0.15) is 5.82 Å². The maximum atomic E-state index is 12.5. The third kappa shape index (κ3) is 4.03. The molecule has 7 heteroatoms. The fraction of sp³-hybridized carbons (Fsp3) is 0.412. The molecular formula is C17H21N3O3S. The van der Waals surface area contributed by atoms with Gasteiger partial charge in [0.25, 0.3) is 5.91 Å². The van der Waals surface area contributed by atoms with E-state index in [1.807, 2.05) is 13.1 Å². The van der Waals surface area contributed by atoms with Crippen molar-refractivity contribution in [3.63, 3.8) is 0 Å². The number of hydrogen-bond acceptors (Lipinski definition) is 4. The number of hydrogen-bond donors (Lipinski definition) is 1. The number of imidazole rings is 1. The molecule has 1 aromatic carbocycles. The summed E-state index contributed by atoms with van der Waals surface area (Å²) in [6, 6.07) is 6.84. The lowest BCUT2D eigenvalue weighted by atomic mass is 10.1. The molecule has 0 unspecified atom stereocenters. The molecule has 1 aliphatic heterocycles. The van der Waals surface area contributed by atoms with Crippen molar-refractivity contribution in [3.05, 3.63) is 53.1 Å². The van der Waals surface area contributed by atoms with E-state index in [4.69, 9.17) is 0 Å². The topological polar surface area (TPSA) is 81.1 Å². The Balaban J connectivity index is 1.68. The van der Waals surface area contributed by atoms with Crippen LogP contribution in [0.3, 0.4) is 0 Å². The van der Waals surface area contributed by atoms with Crippen LogP contribution in [0.2, 0.25) is 0 Å². The molecule has 1 aromatic heterocycles. The van der Waals surface area contributed by atoms with Gasteiger partial charge >= 0.3 is 0 Å². The fourth-order valence-electron chi connectivity index (χ4n) is 3.08. The van der Waals surface area contributed by atoms with Crippen molar-refractivity contribution in [2.45, 2.75) is 38.1 Å². The van der Waals surface area contributed by atoms with Gasteiger partial charge in [0.2, 0.25) is 0 Å². The second-order valence-electron chi connectivity index (χ2n) is 6.43. The highest BCUT2D eigenvalue weighted by molar-refractivity contribution is 7.89. The lowest BCUT2D eigenvalue weighted by Gasteiger charge is -2.24. The number of carbonyl (C=O) groups is 1. The van der Waals surface area contributed by atoms with Crippen molar-refractivity contribution >= 4 is 15.7 Å². The van der Waals surface area contributed by atoms with Gasteiger partial charge in [-0.2, -0.15) is 0 Å². The molecule has 1 atom stereocenters. The van der Waals surface area contributed by atoms with E-state index < -0.39 is 9.84 Å². The third-order valence-electron chi connectivity index (χ3n) is 4.07. The summed E-state index contributed by atoms with van der Waals surface area (Å²) in [5.41, 5.74) is 2.11. The van der Waals surface area contributed by atoms with Gasteiger partial charge in [-0.3, -0.25) is 4.79 Å². The van der Waals surface area contributed by atoms with Crippen LogP contribution in [0.5, 0.6) is 0 Å². The molecule has 0 radical (unpaired) electrons. The van der Waals surface area contributed by atoms with E-state index >= 15 is 0 Å². The first kappa shape index (κ1) is 16.7. The first-order valence-corrected chi connectivity index (χ1v) is 9.96. The quantitative estimate of drug-likeness (QED) is 0.908. The summed E-state index contributed by atoms with van der Waals surface area (Å²) in [4.78, 5) is 16.9. The van der Waals surface area contributed by atoms with Gasteiger partial charge < -0.3 is 9.88 Å². The maximum absolute atomic E-state index is 12.5. The van der Waals surface area contributed by atoms with Crippen LogP contribution >= 0.6 is 0 Å². The highest BCUT2D eigenvalue weighted by atomic mass is 32.2. The molecule has 0 spiro atoms. The average Bonchev–Trinajstić information content (AvgIpc) is 2.85. The largest absolute Gasteiger partial charge is 0.347 e. The second kappa shape index (κ2) is 6.39. The van der Waals surface area contributed by atoms with Gasteiger partial charge in [-0.25, -0.2) is 13.4 Å². The molecule has 0 saturated heterocycles. The van der Waals surface area contributed by atoms with Crippen LogP contribution in [-0.4, -0.2) is 36.2 Å². The highest BCUT2D eigenvalue weighted by Gasteiger charge is 2.21. The minimum Gasteiger partial charge on any atom is -0.347 e. The number of aromatic nitrogens is 2. The van der Waals surface area contributed by atoms with Crippen molar-refractivity contribution < 1.29 is 13.2 Å². The zero-order chi connectivity index (χ0) is 17.3. The molecule has 0 saturated carbocycles. The summed E-state index contributed by atoms with van der Waals surface area (Å²) in [7, 11) is -3.12. The summed E-state index contributed by atoms with van der Waals surface area (Å²) in [6.45, 7) is 2.68. The molecule has 3 rings (SSSR count). The van der Waals surface area contributed by atoms with E-state index in [9.17, 15) is 13.2 Å². The number of sulfone groups is 1. The van der Waals surface area contributed by atoms with Crippen LogP contribution in [0.25, 0.3) is 0 Å². The monoisotopic (exact) mass is 347 g/mol. The first-order valence-electron chi connectivity index (χ1n) is 7.90. The Morgan fingerprint density at radius 2 is 2.21 bits per heavy atom. The number of amides is 1. The number of benzene rings is 1. The molecular weight excluding hydrogens is 326 g/mol. The number of aryl methyl sites for hydroxylation is 2. The van der Waals surface area contributed by atoms with Crippen molar-refractivity contribution in [3.8, 4) is 0 Å². The van der Waals surface area contributed by atoms with E-state index in [0.29, 0.717) is 17.7 Å². The van der Waals surface area contributed by atoms with Crippen molar-refractivity contribution in [2.24, 2.45) is 0 Å². The van der Waals surface area contributed by atoms with Crippen LogP contribution in [0.4, 0.5) is 0 Å². The standard InChI is InChI=1S/C17H21N3O3S/c1-12-9-20-10-15(6-7-16(20)18-12)19-17(21)14-5-3-4-13(8-14)11-24(2,22)23/h3-5,8-9,15H,6-7,10-11H2,1-2H3,(H,19,21)/t15-/m1/s1. The summed E-state index contributed by atoms with van der Waals surface area (Å²) < 4.78 is 24.9. The highest BCUT2D eigenvalue weighted by Crippen LogP contribution is 2.16. The van der Waals surface area contributed by atoms with Gasteiger partial charge in [0.15, 0.2) is 9.84 Å². The maximum Gasteiger partial charge on any atom is 0.251 e. The molecule has 6 nitrogen and oxygen atoms in total. The van der Waals surface area contributed by atoms with Crippen LogP contribution < -0.4 is 5.32 Å².